The Kier molecular flexibility index (Phi) is 5.92. The van der Waals surface area contributed by atoms with Gasteiger partial charge in [-0.2, -0.15) is 0 Å². The summed E-state index contributed by atoms with van der Waals surface area (Å²) in [6, 6.07) is 6.69. The van der Waals surface area contributed by atoms with Crippen LogP contribution >= 0.6 is 0 Å². The number of anilines is 1. The molecule has 1 aliphatic heterocycles. The Balaban J connectivity index is 1.32. The predicted molar refractivity (Wildman–Crippen MR) is 107 cm³/mol. The van der Waals surface area contributed by atoms with Gasteiger partial charge in [-0.15, -0.1) is 0 Å². The Morgan fingerprint density at radius 1 is 1.07 bits per heavy atom. The van der Waals surface area contributed by atoms with Gasteiger partial charge in [-0.05, 0) is 61.9 Å². The SMILES string of the molecule is O=C1OCCCN1[C@H]1CC[C@@H](C(=O)Nc2ccc(-c3cc(F)cc(F)c3)cn2)CC1. The maximum absolute atomic E-state index is 13.4. The molecule has 0 radical (unpaired) electrons. The number of nitrogens with one attached hydrogen (secondary N) is 1. The standard InChI is InChI=1S/C22H23F2N3O3/c23-17-10-16(11-18(24)12-17)15-4-7-20(25-13-15)26-21(28)14-2-5-19(6-3-14)27-8-1-9-30-22(27)29/h4,7,10-14,19H,1-3,5-6,8-9H2,(H,25,26,28)/t14-,19+. The van der Waals surface area contributed by atoms with Gasteiger partial charge in [0.2, 0.25) is 5.91 Å². The zero-order chi connectivity index (χ0) is 21.1. The van der Waals surface area contributed by atoms with E-state index < -0.39 is 11.6 Å². The highest BCUT2D eigenvalue weighted by atomic mass is 19.1. The second kappa shape index (κ2) is 8.77. The van der Waals surface area contributed by atoms with Crippen LogP contribution in [0.3, 0.4) is 0 Å². The first kappa shape index (κ1) is 20.3. The molecule has 0 atom stereocenters. The Hall–Kier alpha value is -3.03. The number of hydrogen-bond acceptors (Lipinski definition) is 4. The van der Waals surface area contributed by atoms with Gasteiger partial charge in [0.1, 0.15) is 17.5 Å². The molecule has 1 saturated heterocycles. The molecule has 8 heteroatoms. The molecule has 2 heterocycles. The van der Waals surface area contributed by atoms with Crippen molar-refractivity contribution in [1.29, 1.82) is 0 Å². The smallest absolute Gasteiger partial charge is 0.410 e. The highest BCUT2D eigenvalue weighted by Crippen LogP contribution is 2.30. The van der Waals surface area contributed by atoms with Crippen LogP contribution in [0, 0.1) is 17.6 Å². The van der Waals surface area contributed by atoms with Gasteiger partial charge < -0.3 is 15.0 Å². The number of carbonyl (C=O) groups is 2. The van der Waals surface area contributed by atoms with Crippen LogP contribution in [0.1, 0.15) is 32.1 Å². The van der Waals surface area contributed by atoms with Crippen molar-refractivity contribution in [2.75, 3.05) is 18.5 Å². The number of hydrogen-bond donors (Lipinski definition) is 1. The summed E-state index contributed by atoms with van der Waals surface area (Å²) in [6.45, 7) is 1.19. The predicted octanol–water partition coefficient (Wildman–Crippen LogP) is 4.37. The van der Waals surface area contributed by atoms with E-state index in [1.54, 1.807) is 17.0 Å². The number of aromatic nitrogens is 1. The molecule has 2 amide bonds. The molecular formula is C22H23F2N3O3. The molecule has 1 aromatic heterocycles. The summed E-state index contributed by atoms with van der Waals surface area (Å²) in [6.07, 6.45) is 4.99. The summed E-state index contributed by atoms with van der Waals surface area (Å²) in [5.74, 6) is -1.17. The van der Waals surface area contributed by atoms with E-state index in [1.807, 2.05) is 0 Å². The monoisotopic (exact) mass is 415 g/mol. The lowest BCUT2D eigenvalue weighted by atomic mass is 9.84. The lowest BCUT2D eigenvalue weighted by Crippen LogP contribution is -2.46. The highest BCUT2D eigenvalue weighted by Gasteiger charge is 2.33. The normalized spacial score (nSPS) is 21.8. The fourth-order valence-corrected chi connectivity index (χ4v) is 4.14. The van der Waals surface area contributed by atoms with Crippen LogP contribution in [0.25, 0.3) is 11.1 Å². The summed E-state index contributed by atoms with van der Waals surface area (Å²) < 4.78 is 31.9. The van der Waals surface area contributed by atoms with E-state index in [4.69, 9.17) is 4.74 Å². The quantitative estimate of drug-likeness (QED) is 0.805. The van der Waals surface area contributed by atoms with Gasteiger partial charge in [0, 0.05) is 36.3 Å². The summed E-state index contributed by atoms with van der Waals surface area (Å²) in [4.78, 5) is 30.5. The van der Waals surface area contributed by atoms with Crippen LogP contribution in [0.5, 0.6) is 0 Å². The highest BCUT2D eigenvalue weighted by molar-refractivity contribution is 5.91. The van der Waals surface area contributed by atoms with E-state index in [-0.39, 0.29) is 24.0 Å². The van der Waals surface area contributed by atoms with Gasteiger partial charge in [0.15, 0.2) is 0 Å². The third-order valence-electron chi connectivity index (χ3n) is 5.72. The molecule has 2 aliphatic rings. The van der Waals surface area contributed by atoms with Crippen LogP contribution in [-0.2, 0) is 9.53 Å². The van der Waals surface area contributed by atoms with Gasteiger partial charge in [-0.1, -0.05) is 0 Å². The van der Waals surface area contributed by atoms with E-state index in [0.717, 1.165) is 25.3 Å². The number of benzene rings is 1. The molecule has 2 fully saturated rings. The van der Waals surface area contributed by atoms with Gasteiger partial charge in [0.05, 0.1) is 6.61 Å². The van der Waals surface area contributed by atoms with Crippen LogP contribution in [0.2, 0.25) is 0 Å². The topological polar surface area (TPSA) is 71.5 Å². The van der Waals surface area contributed by atoms with Crippen molar-refractivity contribution in [2.45, 2.75) is 38.1 Å². The van der Waals surface area contributed by atoms with Gasteiger partial charge in [-0.25, -0.2) is 18.6 Å². The van der Waals surface area contributed by atoms with Crippen molar-refractivity contribution in [3.8, 4) is 11.1 Å². The Morgan fingerprint density at radius 2 is 1.80 bits per heavy atom. The number of nitrogens with zero attached hydrogens (tertiary/aromatic N) is 2. The minimum Gasteiger partial charge on any atom is -0.449 e. The molecule has 2 aromatic rings. The lowest BCUT2D eigenvalue weighted by Gasteiger charge is -2.37. The van der Waals surface area contributed by atoms with Crippen molar-refractivity contribution >= 4 is 17.8 Å². The number of rotatable bonds is 4. The Bertz CT molecular complexity index is 907. The second-order valence-electron chi connectivity index (χ2n) is 7.75. The number of carbonyl (C=O) groups excluding carboxylic acids is 2. The maximum Gasteiger partial charge on any atom is 0.410 e. The van der Waals surface area contributed by atoms with Crippen molar-refractivity contribution in [2.24, 2.45) is 5.92 Å². The Morgan fingerprint density at radius 3 is 2.43 bits per heavy atom. The molecule has 30 heavy (non-hydrogen) atoms. The van der Waals surface area contributed by atoms with E-state index >= 15 is 0 Å². The van der Waals surface area contributed by atoms with Crippen molar-refractivity contribution < 1.29 is 23.1 Å². The number of amides is 2. The molecule has 1 N–H and O–H groups in total. The molecule has 4 rings (SSSR count). The first-order valence-corrected chi connectivity index (χ1v) is 10.2. The average Bonchev–Trinajstić information content (AvgIpc) is 2.74. The zero-order valence-electron chi connectivity index (χ0n) is 16.4. The summed E-state index contributed by atoms with van der Waals surface area (Å²) in [7, 11) is 0. The van der Waals surface area contributed by atoms with E-state index in [0.29, 0.717) is 42.9 Å². The third-order valence-corrected chi connectivity index (χ3v) is 5.72. The van der Waals surface area contributed by atoms with Crippen LogP contribution in [-0.4, -0.2) is 41.1 Å². The van der Waals surface area contributed by atoms with E-state index in [2.05, 4.69) is 10.3 Å². The van der Waals surface area contributed by atoms with Crippen LogP contribution in [0.4, 0.5) is 19.4 Å². The summed E-state index contributed by atoms with van der Waals surface area (Å²) >= 11 is 0. The molecule has 1 aliphatic carbocycles. The van der Waals surface area contributed by atoms with Gasteiger partial charge in [0.25, 0.3) is 0 Å². The summed E-state index contributed by atoms with van der Waals surface area (Å²) in [5, 5.41) is 2.81. The van der Waals surface area contributed by atoms with Gasteiger partial charge in [-0.3, -0.25) is 4.79 Å². The zero-order valence-corrected chi connectivity index (χ0v) is 16.4. The molecule has 0 bridgehead atoms. The molecule has 158 valence electrons. The number of pyridine rings is 1. The first-order chi connectivity index (χ1) is 14.5. The maximum atomic E-state index is 13.4. The first-order valence-electron chi connectivity index (χ1n) is 10.2. The fraction of sp³-hybridized carbons (Fsp3) is 0.409. The summed E-state index contributed by atoms with van der Waals surface area (Å²) in [5.41, 5.74) is 0.938. The largest absolute Gasteiger partial charge is 0.449 e. The molecular weight excluding hydrogens is 392 g/mol. The van der Waals surface area contributed by atoms with Crippen LogP contribution in [0.15, 0.2) is 36.5 Å². The van der Waals surface area contributed by atoms with Gasteiger partial charge >= 0.3 is 6.09 Å². The van der Waals surface area contributed by atoms with Crippen molar-refractivity contribution in [3.63, 3.8) is 0 Å². The molecule has 0 spiro atoms. The third kappa shape index (κ3) is 4.58. The average molecular weight is 415 g/mol. The van der Waals surface area contributed by atoms with Crippen LogP contribution < -0.4 is 5.32 Å². The van der Waals surface area contributed by atoms with E-state index in [1.165, 1.54) is 18.3 Å². The number of ether oxygens (including phenoxy) is 1. The molecule has 0 unspecified atom stereocenters. The lowest BCUT2D eigenvalue weighted by molar-refractivity contribution is -0.121. The molecule has 1 aromatic carbocycles. The Labute approximate surface area is 173 Å². The van der Waals surface area contributed by atoms with Crippen molar-refractivity contribution in [1.82, 2.24) is 9.88 Å². The molecule has 6 nitrogen and oxygen atoms in total. The van der Waals surface area contributed by atoms with E-state index in [9.17, 15) is 18.4 Å². The second-order valence-corrected chi connectivity index (χ2v) is 7.75. The number of cyclic esters (lactones) is 1. The van der Waals surface area contributed by atoms with Crippen molar-refractivity contribution in [3.05, 3.63) is 48.2 Å². The minimum absolute atomic E-state index is 0.105. The number of halogens is 2. The minimum atomic E-state index is -0.657. The fourth-order valence-electron chi connectivity index (χ4n) is 4.14. The molecule has 1 saturated carbocycles.